The Morgan fingerprint density at radius 3 is 2.25 bits per heavy atom. The first-order valence-corrected chi connectivity index (χ1v) is 11.9. The van der Waals surface area contributed by atoms with Gasteiger partial charge in [0.15, 0.2) is 0 Å². The molecule has 10 heteroatoms. The minimum atomic E-state index is -3.42. The van der Waals surface area contributed by atoms with E-state index in [0.29, 0.717) is 29.2 Å². The molecule has 1 aliphatic rings. The van der Waals surface area contributed by atoms with Crippen molar-refractivity contribution in [3.63, 3.8) is 0 Å². The van der Waals surface area contributed by atoms with Crippen LogP contribution in [0.25, 0.3) is 0 Å². The molecule has 0 aromatic heterocycles. The topological polar surface area (TPSA) is 125 Å². The highest BCUT2D eigenvalue weighted by atomic mass is 32.2. The molecular formula is C22H26N4O5S. The molecule has 32 heavy (non-hydrogen) atoms. The molecule has 3 rings (SSSR count). The molecule has 3 N–H and O–H groups in total. The van der Waals surface area contributed by atoms with E-state index in [9.17, 15) is 22.8 Å². The molecule has 0 radical (unpaired) electrons. The predicted octanol–water partition coefficient (Wildman–Crippen LogP) is 3.05. The number of hydrogen-bond acceptors (Lipinski definition) is 5. The third kappa shape index (κ3) is 5.64. The van der Waals surface area contributed by atoms with Crippen LogP contribution in [-0.4, -0.2) is 39.1 Å². The number of anilines is 3. The lowest BCUT2D eigenvalue weighted by molar-refractivity contribution is -0.118. The van der Waals surface area contributed by atoms with Crippen molar-refractivity contribution in [3.8, 4) is 0 Å². The molecule has 2 aromatic rings. The Bertz CT molecular complexity index is 1150. The van der Waals surface area contributed by atoms with Crippen LogP contribution in [0, 0.1) is 0 Å². The quantitative estimate of drug-likeness (QED) is 0.635. The van der Waals surface area contributed by atoms with Crippen molar-refractivity contribution < 1.29 is 22.8 Å². The van der Waals surface area contributed by atoms with E-state index in [1.807, 2.05) is 20.8 Å². The third-order valence-corrected chi connectivity index (χ3v) is 5.42. The predicted molar refractivity (Wildman–Crippen MR) is 124 cm³/mol. The maximum Gasteiger partial charge on any atom is 0.328 e. The summed E-state index contributed by atoms with van der Waals surface area (Å²) in [5, 5.41) is 5.46. The summed E-state index contributed by atoms with van der Waals surface area (Å²) in [5.74, 6) is -0.728. The van der Waals surface area contributed by atoms with Crippen LogP contribution in [0.3, 0.4) is 0 Å². The maximum atomic E-state index is 12.8. The Morgan fingerprint density at radius 2 is 1.69 bits per heavy atom. The summed E-state index contributed by atoms with van der Waals surface area (Å²) < 4.78 is 25.0. The number of benzene rings is 2. The number of urea groups is 1. The van der Waals surface area contributed by atoms with E-state index in [-0.39, 0.29) is 17.7 Å². The smallest absolute Gasteiger partial charge is 0.328 e. The van der Waals surface area contributed by atoms with Crippen molar-refractivity contribution in [2.75, 3.05) is 27.7 Å². The summed E-state index contributed by atoms with van der Waals surface area (Å²) in [6, 6.07) is 10.6. The Labute approximate surface area is 187 Å². The first-order chi connectivity index (χ1) is 14.8. The lowest BCUT2D eigenvalue weighted by Gasteiger charge is -2.28. The minimum Gasteiger partial charge on any atom is -0.337 e. The molecule has 0 atom stereocenters. The SMILES string of the molecule is CC(C)(C)c1cc(NC(=O)c2ccc(NS(C)(=O)=O)cc2)cc(N2C(=O)CCNC2=O)c1. The van der Waals surface area contributed by atoms with Gasteiger partial charge in [-0.1, -0.05) is 20.8 Å². The molecule has 1 aliphatic heterocycles. The molecule has 9 nitrogen and oxygen atoms in total. The average Bonchev–Trinajstić information content (AvgIpc) is 2.66. The minimum absolute atomic E-state index is 0.195. The molecule has 0 unspecified atom stereocenters. The van der Waals surface area contributed by atoms with Crippen molar-refractivity contribution >= 4 is 44.9 Å². The van der Waals surface area contributed by atoms with E-state index in [2.05, 4.69) is 15.4 Å². The largest absolute Gasteiger partial charge is 0.337 e. The molecule has 4 amide bonds. The van der Waals surface area contributed by atoms with Crippen molar-refractivity contribution in [3.05, 3.63) is 53.6 Å². The third-order valence-electron chi connectivity index (χ3n) is 4.82. The van der Waals surface area contributed by atoms with Crippen LogP contribution in [0.5, 0.6) is 0 Å². The molecule has 1 heterocycles. The molecule has 170 valence electrons. The summed E-state index contributed by atoms with van der Waals surface area (Å²) in [6.07, 6.45) is 1.24. The summed E-state index contributed by atoms with van der Waals surface area (Å²) in [7, 11) is -3.42. The van der Waals surface area contributed by atoms with Crippen molar-refractivity contribution in [1.29, 1.82) is 0 Å². The summed E-state index contributed by atoms with van der Waals surface area (Å²) in [6.45, 7) is 6.26. The second kappa shape index (κ2) is 8.62. The van der Waals surface area contributed by atoms with Gasteiger partial charge in [-0.05, 0) is 53.4 Å². The van der Waals surface area contributed by atoms with Gasteiger partial charge in [-0.25, -0.2) is 18.1 Å². The highest BCUT2D eigenvalue weighted by Crippen LogP contribution is 2.31. The van der Waals surface area contributed by atoms with Crippen LogP contribution in [0.15, 0.2) is 42.5 Å². The van der Waals surface area contributed by atoms with Crippen LogP contribution in [0.4, 0.5) is 21.9 Å². The van der Waals surface area contributed by atoms with Gasteiger partial charge >= 0.3 is 6.03 Å². The lowest BCUT2D eigenvalue weighted by Crippen LogP contribution is -2.50. The van der Waals surface area contributed by atoms with Crippen LogP contribution in [0.1, 0.15) is 43.1 Å². The Hall–Kier alpha value is -3.40. The van der Waals surface area contributed by atoms with Gasteiger partial charge in [-0.2, -0.15) is 0 Å². The molecule has 0 aliphatic carbocycles. The van der Waals surface area contributed by atoms with E-state index < -0.39 is 22.0 Å². The van der Waals surface area contributed by atoms with Crippen molar-refractivity contribution in [2.45, 2.75) is 32.6 Å². The van der Waals surface area contributed by atoms with Crippen molar-refractivity contribution in [1.82, 2.24) is 5.32 Å². The fourth-order valence-corrected chi connectivity index (χ4v) is 3.76. The van der Waals surface area contributed by atoms with E-state index in [1.54, 1.807) is 18.2 Å². The number of hydrogen-bond donors (Lipinski definition) is 3. The number of sulfonamides is 1. The lowest BCUT2D eigenvalue weighted by atomic mass is 9.86. The van der Waals surface area contributed by atoms with Gasteiger partial charge in [0, 0.05) is 29.9 Å². The molecular weight excluding hydrogens is 432 g/mol. The molecule has 0 saturated carbocycles. The summed E-state index contributed by atoms with van der Waals surface area (Å²) in [5.41, 5.74) is 2.01. The molecule has 1 fully saturated rings. The number of rotatable bonds is 5. The summed E-state index contributed by atoms with van der Waals surface area (Å²) >= 11 is 0. The maximum absolute atomic E-state index is 12.8. The number of nitrogens with zero attached hydrogens (tertiary/aromatic N) is 1. The zero-order chi connectivity index (χ0) is 23.7. The number of imide groups is 1. The van der Waals surface area contributed by atoms with Gasteiger partial charge < -0.3 is 10.6 Å². The Morgan fingerprint density at radius 1 is 1.03 bits per heavy atom. The fourth-order valence-electron chi connectivity index (χ4n) is 3.19. The van der Waals surface area contributed by atoms with Gasteiger partial charge in [0.1, 0.15) is 0 Å². The molecule has 1 saturated heterocycles. The zero-order valence-corrected chi connectivity index (χ0v) is 19.2. The Kier molecular flexibility index (Phi) is 6.27. The van der Waals surface area contributed by atoms with Crippen LogP contribution in [-0.2, 0) is 20.2 Å². The second-order valence-corrected chi connectivity index (χ2v) is 10.4. The van der Waals surface area contributed by atoms with Gasteiger partial charge in [0.05, 0.1) is 11.9 Å². The highest BCUT2D eigenvalue weighted by molar-refractivity contribution is 7.92. The van der Waals surface area contributed by atoms with E-state index in [1.165, 1.54) is 24.3 Å². The number of carbonyl (C=O) groups is 3. The molecule has 0 bridgehead atoms. The van der Waals surface area contributed by atoms with Gasteiger partial charge in [-0.15, -0.1) is 0 Å². The zero-order valence-electron chi connectivity index (χ0n) is 18.4. The van der Waals surface area contributed by atoms with Crippen molar-refractivity contribution in [2.24, 2.45) is 0 Å². The number of carbonyl (C=O) groups excluding carboxylic acids is 3. The first-order valence-electron chi connectivity index (χ1n) is 9.99. The number of amides is 4. The van der Waals surface area contributed by atoms with Crippen LogP contribution >= 0.6 is 0 Å². The standard InChI is InChI=1S/C22H26N4O5S/c1-22(2,3)15-11-17(13-18(12-15)26-19(27)9-10-23-21(26)29)24-20(28)14-5-7-16(8-6-14)25-32(4,30)31/h5-8,11-13,25H,9-10H2,1-4H3,(H,23,29)(H,24,28). The first kappa shape index (κ1) is 23.3. The monoisotopic (exact) mass is 458 g/mol. The van der Waals surface area contributed by atoms with E-state index in [0.717, 1.165) is 16.7 Å². The molecule has 2 aromatic carbocycles. The van der Waals surface area contributed by atoms with Gasteiger partial charge in [0.2, 0.25) is 15.9 Å². The second-order valence-electron chi connectivity index (χ2n) is 8.64. The number of nitrogens with one attached hydrogen (secondary N) is 3. The summed E-state index contributed by atoms with van der Waals surface area (Å²) in [4.78, 5) is 38.6. The average molecular weight is 459 g/mol. The van der Waals surface area contributed by atoms with Crippen LogP contribution < -0.4 is 20.3 Å². The van der Waals surface area contributed by atoms with Crippen LogP contribution in [0.2, 0.25) is 0 Å². The van der Waals surface area contributed by atoms with Gasteiger partial charge in [0.25, 0.3) is 5.91 Å². The van der Waals surface area contributed by atoms with E-state index in [4.69, 9.17) is 0 Å². The Balaban J connectivity index is 1.90. The highest BCUT2D eigenvalue weighted by Gasteiger charge is 2.29. The van der Waals surface area contributed by atoms with E-state index >= 15 is 0 Å². The fraction of sp³-hybridized carbons (Fsp3) is 0.318. The molecule has 0 spiro atoms. The van der Waals surface area contributed by atoms with Gasteiger partial charge in [-0.3, -0.25) is 14.3 Å². The normalized spacial score (nSPS) is 14.7.